The topological polar surface area (TPSA) is 85.4 Å². The Morgan fingerprint density at radius 3 is 2.90 bits per heavy atom. The monoisotopic (exact) mass is 280 g/mol. The lowest BCUT2D eigenvalue weighted by atomic mass is 10.0. The van der Waals surface area contributed by atoms with Crippen LogP contribution in [0.25, 0.3) is 0 Å². The fraction of sp³-hybridized carbons (Fsp3) is 0.615. The number of rotatable bonds is 6. The van der Waals surface area contributed by atoms with Gasteiger partial charge in [0.2, 0.25) is 0 Å². The highest BCUT2D eigenvalue weighted by molar-refractivity contribution is 5.92. The molecule has 2 heterocycles. The highest BCUT2D eigenvalue weighted by Crippen LogP contribution is 2.21. The molecule has 0 saturated carbocycles. The van der Waals surface area contributed by atoms with Crippen molar-refractivity contribution in [3.63, 3.8) is 0 Å². The molecule has 2 rings (SSSR count). The second-order valence-electron chi connectivity index (χ2n) is 4.69. The van der Waals surface area contributed by atoms with Crippen LogP contribution in [-0.2, 0) is 9.47 Å². The van der Waals surface area contributed by atoms with Gasteiger partial charge < -0.3 is 20.1 Å². The molecule has 7 nitrogen and oxygen atoms in total. The van der Waals surface area contributed by atoms with Crippen LogP contribution in [0.1, 0.15) is 23.8 Å². The second kappa shape index (κ2) is 6.62. The standard InChI is InChI=1S/C13H20N4O3/c1-3-14-11-7-15-10(6-16-11)12(18)17-8-13(19-2)4-5-20-9-13/h6-7H,3-5,8-9H2,1-2H3,(H,14,16)(H,17,18). The molecular formula is C13H20N4O3. The van der Waals surface area contributed by atoms with Crippen LogP contribution in [0, 0.1) is 0 Å². The van der Waals surface area contributed by atoms with E-state index >= 15 is 0 Å². The molecule has 1 aromatic rings. The van der Waals surface area contributed by atoms with Crippen molar-refractivity contribution in [3.8, 4) is 0 Å². The van der Waals surface area contributed by atoms with Gasteiger partial charge in [-0.3, -0.25) is 4.79 Å². The number of nitrogens with zero attached hydrogens (tertiary/aromatic N) is 2. The first-order chi connectivity index (χ1) is 9.69. The summed E-state index contributed by atoms with van der Waals surface area (Å²) in [4.78, 5) is 20.2. The Labute approximate surface area is 118 Å². The molecule has 0 aromatic carbocycles. The van der Waals surface area contributed by atoms with Crippen molar-refractivity contribution in [1.29, 1.82) is 0 Å². The van der Waals surface area contributed by atoms with Crippen LogP contribution in [0.2, 0.25) is 0 Å². The second-order valence-corrected chi connectivity index (χ2v) is 4.69. The van der Waals surface area contributed by atoms with Gasteiger partial charge in [-0.1, -0.05) is 0 Å². The van der Waals surface area contributed by atoms with E-state index in [1.165, 1.54) is 6.20 Å². The Morgan fingerprint density at radius 1 is 1.50 bits per heavy atom. The van der Waals surface area contributed by atoms with Crippen molar-refractivity contribution in [1.82, 2.24) is 15.3 Å². The summed E-state index contributed by atoms with van der Waals surface area (Å²) in [5, 5.41) is 5.84. The summed E-state index contributed by atoms with van der Waals surface area (Å²) in [5.74, 6) is 0.394. The molecule has 1 aliphatic heterocycles. The van der Waals surface area contributed by atoms with Crippen molar-refractivity contribution in [3.05, 3.63) is 18.1 Å². The first-order valence-corrected chi connectivity index (χ1v) is 6.66. The molecule has 1 aliphatic rings. The number of ether oxygens (including phenoxy) is 2. The van der Waals surface area contributed by atoms with Crippen LogP contribution in [-0.4, -0.2) is 54.9 Å². The quantitative estimate of drug-likeness (QED) is 0.786. The minimum atomic E-state index is -0.424. The van der Waals surface area contributed by atoms with Crippen molar-refractivity contribution >= 4 is 11.7 Å². The van der Waals surface area contributed by atoms with Gasteiger partial charge in [0.25, 0.3) is 5.91 Å². The summed E-state index contributed by atoms with van der Waals surface area (Å²) < 4.78 is 10.8. The summed E-state index contributed by atoms with van der Waals surface area (Å²) in [6, 6.07) is 0. The molecule has 1 amide bonds. The zero-order chi connectivity index (χ0) is 14.4. The first kappa shape index (κ1) is 14.7. The molecule has 7 heteroatoms. The van der Waals surface area contributed by atoms with Crippen LogP contribution in [0.5, 0.6) is 0 Å². The maximum absolute atomic E-state index is 12.0. The van der Waals surface area contributed by atoms with Gasteiger partial charge in [-0.25, -0.2) is 9.97 Å². The zero-order valence-electron chi connectivity index (χ0n) is 11.8. The fourth-order valence-electron chi connectivity index (χ4n) is 2.01. The average molecular weight is 280 g/mol. The molecule has 0 radical (unpaired) electrons. The van der Waals surface area contributed by atoms with E-state index < -0.39 is 5.60 Å². The maximum Gasteiger partial charge on any atom is 0.271 e. The van der Waals surface area contributed by atoms with E-state index in [0.717, 1.165) is 13.0 Å². The molecule has 1 fully saturated rings. The lowest BCUT2D eigenvalue weighted by Crippen LogP contribution is -2.45. The van der Waals surface area contributed by atoms with Crippen molar-refractivity contribution in [2.75, 3.05) is 38.7 Å². The summed E-state index contributed by atoms with van der Waals surface area (Å²) in [6.07, 6.45) is 3.77. The average Bonchev–Trinajstić information content (AvgIpc) is 2.95. The number of amides is 1. The summed E-state index contributed by atoms with van der Waals surface area (Å²) in [5.41, 5.74) is -0.135. The Bertz CT molecular complexity index is 443. The molecule has 1 aromatic heterocycles. The van der Waals surface area contributed by atoms with Crippen LogP contribution >= 0.6 is 0 Å². The van der Waals surface area contributed by atoms with Gasteiger partial charge in [0.1, 0.15) is 17.1 Å². The van der Waals surface area contributed by atoms with Crippen molar-refractivity contribution in [2.24, 2.45) is 0 Å². The summed E-state index contributed by atoms with van der Waals surface area (Å²) in [6.45, 7) is 4.28. The number of hydrogen-bond donors (Lipinski definition) is 2. The molecule has 0 spiro atoms. The molecule has 0 aliphatic carbocycles. The summed E-state index contributed by atoms with van der Waals surface area (Å²) >= 11 is 0. The predicted octanol–water partition coefficient (Wildman–Crippen LogP) is 0.444. The Hall–Kier alpha value is -1.73. The third-order valence-corrected chi connectivity index (χ3v) is 3.31. The van der Waals surface area contributed by atoms with Gasteiger partial charge >= 0.3 is 0 Å². The molecule has 110 valence electrons. The third kappa shape index (κ3) is 3.43. The highest BCUT2D eigenvalue weighted by Gasteiger charge is 2.35. The lowest BCUT2D eigenvalue weighted by molar-refractivity contribution is -0.0149. The van der Waals surface area contributed by atoms with E-state index in [4.69, 9.17) is 9.47 Å². The maximum atomic E-state index is 12.0. The number of methoxy groups -OCH3 is 1. The van der Waals surface area contributed by atoms with E-state index in [9.17, 15) is 4.79 Å². The number of anilines is 1. The molecule has 0 bridgehead atoms. The van der Waals surface area contributed by atoms with Gasteiger partial charge in [0.05, 0.1) is 19.0 Å². The van der Waals surface area contributed by atoms with E-state index in [2.05, 4.69) is 20.6 Å². The SMILES string of the molecule is CCNc1cnc(C(=O)NCC2(OC)CCOC2)cn1. The van der Waals surface area contributed by atoms with E-state index in [-0.39, 0.29) is 11.6 Å². The fourth-order valence-corrected chi connectivity index (χ4v) is 2.01. The Balaban J connectivity index is 1.91. The van der Waals surface area contributed by atoms with Crippen molar-refractivity contribution < 1.29 is 14.3 Å². The first-order valence-electron chi connectivity index (χ1n) is 6.66. The van der Waals surface area contributed by atoms with E-state index in [1.54, 1.807) is 13.3 Å². The smallest absolute Gasteiger partial charge is 0.271 e. The molecule has 1 atom stereocenters. The van der Waals surface area contributed by atoms with Crippen molar-refractivity contribution in [2.45, 2.75) is 18.9 Å². The molecule has 2 N–H and O–H groups in total. The normalized spacial score (nSPS) is 21.7. The van der Waals surface area contributed by atoms with Gasteiger partial charge in [-0.15, -0.1) is 0 Å². The van der Waals surface area contributed by atoms with Gasteiger partial charge in [-0.05, 0) is 6.92 Å². The number of aromatic nitrogens is 2. The minimum absolute atomic E-state index is 0.260. The van der Waals surface area contributed by atoms with E-state index in [1.807, 2.05) is 6.92 Å². The largest absolute Gasteiger partial charge is 0.378 e. The minimum Gasteiger partial charge on any atom is -0.378 e. The zero-order valence-corrected chi connectivity index (χ0v) is 11.8. The highest BCUT2D eigenvalue weighted by atomic mass is 16.5. The summed E-state index contributed by atoms with van der Waals surface area (Å²) in [7, 11) is 1.63. The predicted molar refractivity (Wildman–Crippen MR) is 73.7 cm³/mol. The Morgan fingerprint density at radius 2 is 2.35 bits per heavy atom. The van der Waals surface area contributed by atoms with Crippen LogP contribution in [0.15, 0.2) is 12.4 Å². The van der Waals surface area contributed by atoms with E-state index in [0.29, 0.717) is 25.6 Å². The number of hydrogen-bond acceptors (Lipinski definition) is 6. The Kier molecular flexibility index (Phi) is 4.86. The lowest BCUT2D eigenvalue weighted by Gasteiger charge is -2.25. The van der Waals surface area contributed by atoms with Crippen LogP contribution in [0.3, 0.4) is 0 Å². The van der Waals surface area contributed by atoms with Crippen LogP contribution in [0.4, 0.5) is 5.82 Å². The van der Waals surface area contributed by atoms with Crippen LogP contribution < -0.4 is 10.6 Å². The number of carbonyl (C=O) groups is 1. The van der Waals surface area contributed by atoms with Gasteiger partial charge in [0.15, 0.2) is 0 Å². The van der Waals surface area contributed by atoms with Gasteiger partial charge in [-0.2, -0.15) is 0 Å². The molecule has 1 unspecified atom stereocenters. The molecular weight excluding hydrogens is 260 g/mol. The molecule has 20 heavy (non-hydrogen) atoms. The number of carbonyl (C=O) groups excluding carboxylic acids is 1. The number of nitrogens with one attached hydrogen (secondary N) is 2. The molecule has 1 saturated heterocycles. The van der Waals surface area contributed by atoms with Gasteiger partial charge in [0, 0.05) is 33.2 Å². The third-order valence-electron chi connectivity index (χ3n) is 3.31.